The summed E-state index contributed by atoms with van der Waals surface area (Å²) in [5.74, 6) is -0.603. The molecular formula is C14H10FN3O2S2. The molecule has 5 nitrogen and oxygen atoms in total. The van der Waals surface area contributed by atoms with Gasteiger partial charge >= 0.3 is 0 Å². The van der Waals surface area contributed by atoms with Gasteiger partial charge in [0.2, 0.25) is 0 Å². The molecule has 0 unspecified atom stereocenters. The third-order valence-electron chi connectivity index (χ3n) is 2.90. The van der Waals surface area contributed by atoms with Crippen LogP contribution in [0.1, 0.15) is 0 Å². The number of hydrogen-bond acceptors (Lipinski definition) is 5. The van der Waals surface area contributed by atoms with Gasteiger partial charge < -0.3 is 0 Å². The normalized spacial score (nSPS) is 11.3. The van der Waals surface area contributed by atoms with E-state index in [1.165, 1.54) is 29.7 Å². The third kappa shape index (κ3) is 3.12. The Hall–Kier alpha value is -2.32. The monoisotopic (exact) mass is 335 g/mol. The first-order valence-corrected chi connectivity index (χ1v) is 8.52. The summed E-state index contributed by atoms with van der Waals surface area (Å²) in [5, 5.41) is 5.73. The van der Waals surface area contributed by atoms with Gasteiger partial charge in [0.25, 0.3) is 10.0 Å². The molecule has 0 saturated heterocycles. The van der Waals surface area contributed by atoms with E-state index in [0.717, 1.165) is 17.3 Å². The second-order valence-electron chi connectivity index (χ2n) is 4.43. The Bertz CT molecular complexity index is 879. The number of anilines is 1. The molecule has 1 N–H and O–H groups in total. The summed E-state index contributed by atoms with van der Waals surface area (Å²) >= 11 is 1.24. The molecule has 0 aliphatic carbocycles. The van der Waals surface area contributed by atoms with Crippen molar-refractivity contribution >= 4 is 27.2 Å². The van der Waals surface area contributed by atoms with E-state index in [2.05, 4.69) is 14.3 Å². The molecule has 0 radical (unpaired) electrons. The summed E-state index contributed by atoms with van der Waals surface area (Å²) in [4.78, 5) is -0.125. The van der Waals surface area contributed by atoms with E-state index in [1.807, 2.05) is 0 Å². The molecule has 22 heavy (non-hydrogen) atoms. The Labute approximate surface area is 130 Å². The number of nitrogens with zero attached hydrogens (tertiary/aromatic N) is 2. The van der Waals surface area contributed by atoms with E-state index in [-0.39, 0.29) is 4.90 Å². The quantitative estimate of drug-likeness (QED) is 0.795. The van der Waals surface area contributed by atoms with Crippen molar-refractivity contribution < 1.29 is 12.8 Å². The van der Waals surface area contributed by atoms with Crippen LogP contribution in [0, 0.1) is 5.82 Å². The molecule has 0 fully saturated rings. The number of aromatic nitrogens is 2. The van der Waals surface area contributed by atoms with Gasteiger partial charge in [-0.15, -0.1) is 5.10 Å². The van der Waals surface area contributed by atoms with Gasteiger partial charge in [-0.1, -0.05) is 22.7 Å². The Kier molecular flexibility index (Phi) is 3.86. The van der Waals surface area contributed by atoms with Gasteiger partial charge in [0.15, 0.2) is 0 Å². The van der Waals surface area contributed by atoms with Crippen LogP contribution in [0.3, 0.4) is 0 Å². The van der Waals surface area contributed by atoms with Crippen LogP contribution in [0.15, 0.2) is 58.8 Å². The largest absolute Gasteiger partial charge is 0.280 e. The maximum atomic E-state index is 13.1. The second kappa shape index (κ2) is 5.82. The van der Waals surface area contributed by atoms with Gasteiger partial charge in [-0.3, -0.25) is 4.72 Å². The van der Waals surface area contributed by atoms with Crippen LogP contribution < -0.4 is 4.72 Å². The van der Waals surface area contributed by atoms with Gasteiger partial charge in [0, 0.05) is 16.6 Å². The van der Waals surface area contributed by atoms with Crippen molar-refractivity contribution in [1.29, 1.82) is 0 Å². The van der Waals surface area contributed by atoms with Crippen molar-refractivity contribution in [3.63, 3.8) is 0 Å². The summed E-state index contributed by atoms with van der Waals surface area (Å²) in [6.45, 7) is 0. The van der Waals surface area contributed by atoms with E-state index in [4.69, 9.17) is 0 Å². The van der Waals surface area contributed by atoms with Crippen LogP contribution in [0.5, 0.6) is 0 Å². The van der Waals surface area contributed by atoms with Crippen LogP contribution in [-0.2, 0) is 10.0 Å². The minimum absolute atomic E-state index is 0.125. The molecule has 3 rings (SSSR count). The van der Waals surface area contributed by atoms with E-state index >= 15 is 0 Å². The summed E-state index contributed by atoms with van der Waals surface area (Å²) < 4.78 is 43.7. The Morgan fingerprint density at radius 1 is 1.09 bits per heavy atom. The van der Waals surface area contributed by atoms with Crippen LogP contribution >= 0.6 is 11.5 Å². The lowest BCUT2D eigenvalue weighted by Crippen LogP contribution is -2.13. The van der Waals surface area contributed by atoms with E-state index in [1.54, 1.807) is 29.6 Å². The fourth-order valence-corrected chi connectivity index (χ4v) is 3.40. The molecule has 0 amide bonds. The maximum Gasteiger partial charge on any atom is 0.261 e. The van der Waals surface area contributed by atoms with Crippen molar-refractivity contribution in [2.24, 2.45) is 0 Å². The van der Waals surface area contributed by atoms with E-state index in [0.29, 0.717) is 5.69 Å². The van der Waals surface area contributed by atoms with E-state index in [9.17, 15) is 12.8 Å². The molecule has 0 saturated carbocycles. The number of benzene rings is 2. The molecule has 0 bridgehead atoms. The Morgan fingerprint density at radius 2 is 1.86 bits per heavy atom. The predicted molar refractivity (Wildman–Crippen MR) is 82.6 cm³/mol. The molecule has 0 aliphatic heterocycles. The zero-order valence-electron chi connectivity index (χ0n) is 11.1. The van der Waals surface area contributed by atoms with Gasteiger partial charge in [-0.25, -0.2) is 12.8 Å². The third-order valence-corrected chi connectivity index (χ3v) is 4.78. The molecule has 112 valence electrons. The average molecular weight is 335 g/mol. The summed E-state index contributed by atoms with van der Waals surface area (Å²) in [6, 6.07) is 11.5. The van der Waals surface area contributed by atoms with Crippen LogP contribution in [0.2, 0.25) is 0 Å². The first-order valence-electron chi connectivity index (χ1n) is 6.20. The SMILES string of the molecule is O=S(=O)(Nc1ccc(-c2csnn2)cc1)c1cccc(F)c1. The minimum Gasteiger partial charge on any atom is -0.280 e. The second-order valence-corrected chi connectivity index (χ2v) is 6.72. The molecule has 0 aliphatic rings. The van der Waals surface area contributed by atoms with Crippen LogP contribution in [-0.4, -0.2) is 18.0 Å². The van der Waals surface area contributed by atoms with Crippen molar-refractivity contribution in [1.82, 2.24) is 9.59 Å². The average Bonchev–Trinajstić information content (AvgIpc) is 3.02. The molecule has 0 spiro atoms. The highest BCUT2D eigenvalue weighted by atomic mass is 32.2. The first kappa shape index (κ1) is 14.6. The molecule has 2 aromatic carbocycles. The van der Waals surface area contributed by atoms with Crippen molar-refractivity contribution in [2.45, 2.75) is 4.90 Å². The van der Waals surface area contributed by atoms with Crippen LogP contribution in [0.25, 0.3) is 11.3 Å². The number of halogens is 1. The summed E-state index contributed by atoms with van der Waals surface area (Å²) in [6.07, 6.45) is 0. The van der Waals surface area contributed by atoms with Gasteiger partial charge in [-0.2, -0.15) is 0 Å². The Morgan fingerprint density at radius 3 is 2.50 bits per heavy atom. The van der Waals surface area contributed by atoms with Gasteiger partial charge in [0.1, 0.15) is 11.5 Å². The molecule has 8 heteroatoms. The molecule has 1 aromatic heterocycles. The highest BCUT2D eigenvalue weighted by Crippen LogP contribution is 2.22. The van der Waals surface area contributed by atoms with E-state index < -0.39 is 15.8 Å². The lowest BCUT2D eigenvalue weighted by Gasteiger charge is -2.08. The number of nitrogens with one attached hydrogen (secondary N) is 1. The zero-order chi connectivity index (χ0) is 15.6. The highest BCUT2D eigenvalue weighted by molar-refractivity contribution is 7.92. The number of hydrogen-bond donors (Lipinski definition) is 1. The zero-order valence-corrected chi connectivity index (χ0v) is 12.7. The smallest absolute Gasteiger partial charge is 0.261 e. The Balaban J connectivity index is 1.84. The molecule has 1 heterocycles. The van der Waals surface area contributed by atoms with Crippen molar-refractivity contribution in [2.75, 3.05) is 4.72 Å². The predicted octanol–water partition coefficient (Wildman–Crippen LogP) is 3.15. The summed E-state index contributed by atoms with van der Waals surface area (Å²) in [5.41, 5.74) is 1.95. The van der Waals surface area contributed by atoms with Gasteiger partial charge in [-0.05, 0) is 41.9 Å². The molecule has 3 aromatic rings. The maximum absolute atomic E-state index is 13.1. The van der Waals surface area contributed by atoms with Crippen LogP contribution in [0.4, 0.5) is 10.1 Å². The fraction of sp³-hybridized carbons (Fsp3) is 0. The first-order chi connectivity index (χ1) is 10.5. The standard InChI is InChI=1S/C14H10FN3O2S2/c15-11-2-1-3-13(8-11)22(19,20)17-12-6-4-10(5-7-12)14-9-21-18-16-14/h1-9,17H. The van der Waals surface area contributed by atoms with Crippen molar-refractivity contribution in [3.05, 3.63) is 59.7 Å². The summed E-state index contributed by atoms with van der Waals surface area (Å²) in [7, 11) is -3.82. The van der Waals surface area contributed by atoms with Gasteiger partial charge in [0.05, 0.1) is 4.90 Å². The topological polar surface area (TPSA) is 72.0 Å². The number of rotatable bonds is 4. The molecule has 0 atom stereocenters. The number of sulfonamides is 1. The molecular weight excluding hydrogens is 325 g/mol. The highest BCUT2D eigenvalue weighted by Gasteiger charge is 2.14. The minimum atomic E-state index is -3.82. The van der Waals surface area contributed by atoms with Crippen molar-refractivity contribution in [3.8, 4) is 11.3 Å². The fourth-order valence-electron chi connectivity index (χ4n) is 1.85. The lowest BCUT2D eigenvalue weighted by molar-refractivity contribution is 0.595. The lowest BCUT2D eigenvalue weighted by atomic mass is 10.2.